The van der Waals surface area contributed by atoms with E-state index in [0.717, 1.165) is 5.56 Å². The van der Waals surface area contributed by atoms with E-state index in [0.29, 0.717) is 6.61 Å². The van der Waals surface area contributed by atoms with Gasteiger partial charge in [0.25, 0.3) is 5.69 Å². The molecule has 0 spiro atoms. The third kappa shape index (κ3) is 4.33. The Morgan fingerprint density at radius 1 is 1.37 bits per heavy atom. The number of ether oxygens (including phenoxy) is 1. The van der Waals surface area contributed by atoms with Crippen LogP contribution in [0.25, 0.3) is 0 Å². The summed E-state index contributed by atoms with van der Waals surface area (Å²) in [5, 5.41) is 10.6. The Morgan fingerprint density at radius 3 is 2.37 bits per heavy atom. The predicted molar refractivity (Wildman–Crippen MR) is 70.8 cm³/mol. The zero-order chi connectivity index (χ0) is 14.4. The van der Waals surface area contributed by atoms with Crippen molar-refractivity contribution in [3.8, 4) is 0 Å². The number of non-ortho nitro benzene ring substituents is 1. The van der Waals surface area contributed by atoms with E-state index in [-0.39, 0.29) is 24.1 Å². The molecule has 0 aliphatic carbocycles. The van der Waals surface area contributed by atoms with E-state index >= 15 is 0 Å². The molecule has 0 saturated heterocycles. The Balaban J connectivity index is 2.87. The number of benzene rings is 1. The summed E-state index contributed by atoms with van der Waals surface area (Å²) in [5.74, 6) is -0.278. The summed E-state index contributed by atoms with van der Waals surface area (Å²) in [7, 11) is 3.70. The van der Waals surface area contributed by atoms with E-state index in [4.69, 9.17) is 4.74 Å². The fourth-order valence-corrected chi connectivity index (χ4v) is 1.79. The van der Waals surface area contributed by atoms with Crippen LogP contribution in [0.15, 0.2) is 24.3 Å². The molecular formula is C13H18N2O4. The van der Waals surface area contributed by atoms with Gasteiger partial charge >= 0.3 is 5.97 Å². The molecule has 104 valence electrons. The maximum absolute atomic E-state index is 11.5. The van der Waals surface area contributed by atoms with Crippen LogP contribution in [0.2, 0.25) is 0 Å². The molecule has 1 aromatic carbocycles. The lowest BCUT2D eigenvalue weighted by Gasteiger charge is -2.23. The van der Waals surface area contributed by atoms with Gasteiger partial charge in [0.05, 0.1) is 18.0 Å². The van der Waals surface area contributed by atoms with Gasteiger partial charge in [-0.3, -0.25) is 14.9 Å². The SMILES string of the molecule is CCOC(=O)CC(c1ccc([N+](=O)[O-])cc1)N(C)C. The normalized spacial score (nSPS) is 12.2. The van der Waals surface area contributed by atoms with Crippen molar-refractivity contribution in [1.82, 2.24) is 4.90 Å². The fourth-order valence-electron chi connectivity index (χ4n) is 1.79. The number of rotatable bonds is 6. The van der Waals surface area contributed by atoms with Crippen LogP contribution in [-0.4, -0.2) is 36.5 Å². The van der Waals surface area contributed by atoms with Gasteiger partial charge < -0.3 is 9.64 Å². The van der Waals surface area contributed by atoms with Gasteiger partial charge in [-0.25, -0.2) is 0 Å². The number of carbonyl (C=O) groups is 1. The van der Waals surface area contributed by atoms with Gasteiger partial charge in [0, 0.05) is 18.2 Å². The standard InChI is InChI=1S/C13H18N2O4/c1-4-19-13(16)9-12(14(2)3)10-5-7-11(8-6-10)15(17)18/h5-8,12H,4,9H2,1-3H3. The van der Waals surface area contributed by atoms with Crippen LogP contribution in [0.4, 0.5) is 5.69 Å². The number of carbonyl (C=O) groups excluding carboxylic acids is 1. The molecule has 6 nitrogen and oxygen atoms in total. The topological polar surface area (TPSA) is 72.7 Å². The Morgan fingerprint density at radius 2 is 1.95 bits per heavy atom. The lowest BCUT2D eigenvalue weighted by Crippen LogP contribution is -2.23. The van der Waals surface area contributed by atoms with Crippen LogP contribution in [0.1, 0.15) is 24.9 Å². The number of nitrogens with zero attached hydrogens (tertiary/aromatic N) is 2. The van der Waals surface area contributed by atoms with Gasteiger partial charge in [-0.2, -0.15) is 0 Å². The zero-order valence-electron chi connectivity index (χ0n) is 11.3. The fraction of sp³-hybridized carbons (Fsp3) is 0.462. The van der Waals surface area contributed by atoms with E-state index in [9.17, 15) is 14.9 Å². The highest BCUT2D eigenvalue weighted by Gasteiger charge is 2.19. The summed E-state index contributed by atoms with van der Waals surface area (Å²) in [6, 6.07) is 6.07. The molecule has 0 aliphatic rings. The van der Waals surface area contributed by atoms with Crippen molar-refractivity contribution in [3.05, 3.63) is 39.9 Å². The Hall–Kier alpha value is -1.95. The molecule has 1 rings (SSSR count). The molecule has 0 aliphatic heterocycles. The maximum Gasteiger partial charge on any atom is 0.307 e. The lowest BCUT2D eigenvalue weighted by molar-refractivity contribution is -0.384. The molecule has 1 atom stereocenters. The van der Waals surface area contributed by atoms with Crippen LogP contribution in [0, 0.1) is 10.1 Å². The van der Waals surface area contributed by atoms with Crippen molar-refractivity contribution >= 4 is 11.7 Å². The molecule has 0 fully saturated rings. The molecule has 0 N–H and O–H groups in total. The first-order valence-corrected chi connectivity index (χ1v) is 6.02. The Kier molecular flexibility index (Phi) is 5.44. The van der Waals surface area contributed by atoms with Gasteiger partial charge in [0.1, 0.15) is 0 Å². The molecule has 0 saturated carbocycles. The summed E-state index contributed by atoms with van der Waals surface area (Å²) in [6.45, 7) is 2.10. The van der Waals surface area contributed by atoms with E-state index in [1.54, 1.807) is 19.1 Å². The molecule has 0 bridgehead atoms. The highest BCUT2D eigenvalue weighted by atomic mass is 16.6. The molecule has 0 amide bonds. The minimum atomic E-state index is -0.445. The summed E-state index contributed by atoms with van der Waals surface area (Å²) < 4.78 is 4.93. The highest BCUT2D eigenvalue weighted by Crippen LogP contribution is 2.24. The van der Waals surface area contributed by atoms with E-state index in [2.05, 4.69) is 0 Å². The number of hydrogen-bond acceptors (Lipinski definition) is 5. The van der Waals surface area contributed by atoms with Gasteiger partial charge in [-0.15, -0.1) is 0 Å². The van der Waals surface area contributed by atoms with Gasteiger partial charge in [0.15, 0.2) is 0 Å². The summed E-state index contributed by atoms with van der Waals surface area (Å²) in [6.07, 6.45) is 0.221. The molecule has 19 heavy (non-hydrogen) atoms. The van der Waals surface area contributed by atoms with Crippen molar-refractivity contribution in [2.45, 2.75) is 19.4 Å². The van der Waals surface area contributed by atoms with E-state index in [1.165, 1.54) is 12.1 Å². The molecule has 1 aromatic rings. The Labute approximate surface area is 112 Å². The van der Waals surface area contributed by atoms with Crippen LogP contribution >= 0.6 is 0 Å². The van der Waals surface area contributed by atoms with Crippen LogP contribution in [-0.2, 0) is 9.53 Å². The largest absolute Gasteiger partial charge is 0.466 e. The minimum Gasteiger partial charge on any atom is -0.466 e. The van der Waals surface area contributed by atoms with Gasteiger partial charge in [-0.1, -0.05) is 12.1 Å². The number of nitro benzene ring substituents is 1. The van der Waals surface area contributed by atoms with Gasteiger partial charge in [0.2, 0.25) is 0 Å². The van der Waals surface area contributed by atoms with Crippen molar-refractivity contribution in [2.24, 2.45) is 0 Å². The molecule has 6 heteroatoms. The predicted octanol–water partition coefficient (Wildman–Crippen LogP) is 2.15. The second kappa shape index (κ2) is 6.84. The molecule has 0 radical (unpaired) electrons. The zero-order valence-corrected chi connectivity index (χ0v) is 11.3. The number of nitro groups is 1. The molecule has 1 unspecified atom stereocenters. The van der Waals surface area contributed by atoms with Crippen molar-refractivity contribution < 1.29 is 14.5 Å². The van der Waals surface area contributed by atoms with Gasteiger partial charge in [-0.05, 0) is 26.6 Å². The quantitative estimate of drug-likeness (QED) is 0.448. The molecular weight excluding hydrogens is 248 g/mol. The smallest absolute Gasteiger partial charge is 0.307 e. The van der Waals surface area contributed by atoms with Crippen LogP contribution in [0.5, 0.6) is 0 Å². The average Bonchev–Trinajstić information content (AvgIpc) is 2.36. The number of hydrogen-bond donors (Lipinski definition) is 0. The number of esters is 1. The minimum absolute atomic E-state index is 0.0393. The summed E-state index contributed by atoms with van der Waals surface area (Å²) in [4.78, 5) is 23.6. The highest BCUT2D eigenvalue weighted by molar-refractivity contribution is 5.70. The Bertz CT molecular complexity index is 442. The first-order valence-electron chi connectivity index (χ1n) is 6.02. The molecule has 0 heterocycles. The van der Waals surface area contributed by atoms with Crippen LogP contribution in [0.3, 0.4) is 0 Å². The lowest BCUT2D eigenvalue weighted by atomic mass is 10.0. The van der Waals surface area contributed by atoms with E-state index in [1.807, 2.05) is 19.0 Å². The van der Waals surface area contributed by atoms with Crippen molar-refractivity contribution in [3.63, 3.8) is 0 Å². The first kappa shape index (κ1) is 15.1. The third-order valence-electron chi connectivity index (χ3n) is 2.78. The summed E-state index contributed by atoms with van der Waals surface area (Å²) in [5.41, 5.74) is 0.890. The first-order chi connectivity index (χ1) is 8.95. The van der Waals surface area contributed by atoms with Crippen molar-refractivity contribution in [2.75, 3.05) is 20.7 Å². The summed E-state index contributed by atoms with van der Waals surface area (Å²) >= 11 is 0. The van der Waals surface area contributed by atoms with E-state index < -0.39 is 4.92 Å². The van der Waals surface area contributed by atoms with Crippen LogP contribution < -0.4 is 0 Å². The average molecular weight is 266 g/mol. The second-order valence-electron chi connectivity index (χ2n) is 4.34. The van der Waals surface area contributed by atoms with Crippen molar-refractivity contribution in [1.29, 1.82) is 0 Å². The monoisotopic (exact) mass is 266 g/mol. The second-order valence-corrected chi connectivity index (χ2v) is 4.34. The molecule has 0 aromatic heterocycles. The maximum atomic E-state index is 11.5. The third-order valence-corrected chi connectivity index (χ3v) is 2.78.